The van der Waals surface area contributed by atoms with E-state index in [0.29, 0.717) is 37.3 Å². The van der Waals surface area contributed by atoms with Crippen LogP contribution in [0.4, 0.5) is 0 Å². The van der Waals surface area contributed by atoms with E-state index < -0.39 is 11.6 Å². The van der Waals surface area contributed by atoms with E-state index in [9.17, 15) is 9.59 Å². The molecule has 0 atom stereocenters. The number of ether oxygens (including phenoxy) is 4. The fraction of sp³-hybridized carbons (Fsp3) is 0.486. The van der Waals surface area contributed by atoms with Gasteiger partial charge in [0.25, 0.3) is 0 Å². The van der Waals surface area contributed by atoms with Crippen LogP contribution in [0.15, 0.2) is 60.7 Å². The molecule has 0 radical (unpaired) electrons. The van der Waals surface area contributed by atoms with Crippen LogP contribution >= 0.6 is 0 Å². The van der Waals surface area contributed by atoms with E-state index in [-0.39, 0.29) is 5.97 Å². The Labute approximate surface area is 255 Å². The molecule has 234 valence electrons. The Morgan fingerprint density at radius 2 is 1.37 bits per heavy atom. The lowest BCUT2D eigenvalue weighted by Crippen LogP contribution is -2.28. The quantitative estimate of drug-likeness (QED) is 0.0647. The largest absolute Gasteiger partial charge is 0.497 e. The van der Waals surface area contributed by atoms with Crippen LogP contribution in [0.5, 0.6) is 17.2 Å². The third-order valence-corrected chi connectivity index (χ3v) is 7.26. The van der Waals surface area contributed by atoms with E-state index >= 15 is 0 Å². The first-order chi connectivity index (χ1) is 20.6. The number of hydroxylamine groups is 2. The molecule has 0 aliphatic heterocycles. The Hall–Kier alpha value is -3.62. The molecule has 3 aromatic rings. The van der Waals surface area contributed by atoms with Gasteiger partial charge in [-0.3, -0.25) is 4.79 Å². The molecule has 0 saturated heterocycles. The number of rotatable bonds is 19. The zero-order valence-corrected chi connectivity index (χ0v) is 26.1. The lowest BCUT2D eigenvalue weighted by Gasteiger charge is -2.25. The van der Waals surface area contributed by atoms with Crippen LogP contribution < -0.4 is 14.2 Å². The molecule has 0 aliphatic carbocycles. The van der Waals surface area contributed by atoms with Gasteiger partial charge in [-0.15, -0.1) is 0 Å². The number of carbonyl (C=O) groups is 2. The molecule has 8 heteroatoms. The molecule has 3 aromatic carbocycles. The number of benzene rings is 3. The highest BCUT2D eigenvalue weighted by Gasteiger charge is 2.22. The lowest BCUT2D eigenvalue weighted by atomic mass is 9.99. The summed E-state index contributed by atoms with van der Waals surface area (Å²) < 4.78 is 22.3. The van der Waals surface area contributed by atoms with Crippen molar-refractivity contribution in [3.05, 3.63) is 66.2 Å². The van der Waals surface area contributed by atoms with Crippen LogP contribution in [0, 0.1) is 0 Å². The summed E-state index contributed by atoms with van der Waals surface area (Å²) in [7, 11) is 3.23. The third kappa shape index (κ3) is 12.6. The van der Waals surface area contributed by atoms with Crippen molar-refractivity contribution in [3.8, 4) is 17.2 Å². The van der Waals surface area contributed by atoms with E-state index in [4.69, 9.17) is 24.2 Å². The minimum absolute atomic E-state index is 0.164. The first-order valence-corrected chi connectivity index (χ1v) is 15.3. The summed E-state index contributed by atoms with van der Waals surface area (Å²) in [6.07, 6.45) is 9.18. The number of fused-ring (bicyclic) bond motifs is 1. The topological polar surface area (TPSA) is 94.5 Å². The summed E-state index contributed by atoms with van der Waals surface area (Å²) in [5.41, 5.74) is 0.0162. The molecule has 0 heterocycles. The van der Waals surface area contributed by atoms with E-state index in [1.54, 1.807) is 44.5 Å². The number of unbranched alkanes of at least 4 members (excludes halogenated alkanes) is 6. The van der Waals surface area contributed by atoms with Crippen LogP contribution in [-0.4, -0.2) is 55.1 Å². The second kappa shape index (κ2) is 17.5. The summed E-state index contributed by atoms with van der Waals surface area (Å²) in [5.74, 6) is 1.42. The van der Waals surface area contributed by atoms with Crippen molar-refractivity contribution in [1.29, 1.82) is 0 Å². The van der Waals surface area contributed by atoms with Crippen molar-refractivity contribution in [2.45, 2.75) is 83.7 Å². The molecule has 3 rings (SSSR count). The highest BCUT2D eigenvalue weighted by molar-refractivity contribution is 5.92. The minimum atomic E-state index is -0.448. The number of nitrogens with zero attached hydrogens (tertiary/aromatic N) is 1. The SMILES string of the molecule is COc1ccc2cc(OC(=O)c3ccc(OCCCCCCCCC(C)(C)OC(=O)CCCCN(C)O)cc3)ccc2c1. The summed E-state index contributed by atoms with van der Waals surface area (Å²) >= 11 is 0. The molecule has 0 saturated carbocycles. The Kier molecular flexibility index (Phi) is 13.8. The summed E-state index contributed by atoms with van der Waals surface area (Å²) in [5, 5.41) is 12.2. The van der Waals surface area contributed by atoms with Crippen molar-refractivity contribution >= 4 is 22.7 Å². The van der Waals surface area contributed by atoms with Gasteiger partial charge in [-0.1, -0.05) is 37.8 Å². The van der Waals surface area contributed by atoms with E-state index in [1.807, 2.05) is 44.2 Å². The first kappa shape index (κ1) is 33.9. The Morgan fingerprint density at radius 3 is 2.05 bits per heavy atom. The average molecular weight is 594 g/mol. The van der Waals surface area contributed by atoms with Gasteiger partial charge in [0.15, 0.2) is 0 Å². The fourth-order valence-electron chi connectivity index (χ4n) is 4.82. The summed E-state index contributed by atoms with van der Waals surface area (Å²) in [4.78, 5) is 24.7. The predicted octanol–water partition coefficient (Wildman–Crippen LogP) is 7.99. The minimum Gasteiger partial charge on any atom is -0.497 e. The number of hydrogen-bond acceptors (Lipinski definition) is 8. The Balaban J connectivity index is 1.25. The van der Waals surface area contributed by atoms with Crippen molar-refractivity contribution in [3.63, 3.8) is 0 Å². The molecule has 0 amide bonds. The summed E-state index contributed by atoms with van der Waals surface area (Å²) in [6, 6.07) is 18.3. The van der Waals surface area contributed by atoms with Gasteiger partial charge in [0.05, 0.1) is 19.3 Å². The second-order valence-electron chi connectivity index (χ2n) is 11.6. The molecule has 1 N–H and O–H groups in total. The van der Waals surface area contributed by atoms with Crippen molar-refractivity contribution in [1.82, 2.24) is 5.06 Å². The molecule has 0 bridgehead atoms. The Bertz CT molecular complexity index is 1290. The van der Waals surface area contributed by atoms with Crippen molar-refractivity contribution < 1.29 is 33.7 Å². The second-order valence-corrected chi connectivity index (χ2v) is 11.6. The molecule has 0 aromatic heterocycles. The molecule has 0 unspecified atom stereocenters. The number of hydrogen-bond donors (Lipinski definition) is 1. The highest BCUT2D eigenvalue weighted by Crippen LogP contribution is 2.26. The van der Waals surface area contributed by atoms with Gasteiger partial charge in [0.2, 0.25) is 0 Å². The van der Waals surface area contributed by atoms with Crippen LogP contribution in [0.1, 0.15) is 88.4 Å². The standard InChI is InChI=1S/C35H47NO7/c1-35(2,43-33(37)13-9-11-23-36(3)39)22-10-7-5-6-8-12-24-41-30-18-14-27(15-19-30)34(38)42-32-21-17-28-25-31(40-4)20-16-29(28)26-32/h14-21,25-26,39H,5-13,22-24H2,1-4H3. The van der Waals surface area contributed by atoms with Gasteiger partial charge in [-0.05, 0) is 105 Å². The molecule has 0 aliphatic rings. The predicted molar refractivity (Wildman–Crippen MR) is 168 cm³/mol. The van der Waals surface area contributed by atoms with Crippen LogP contribution in [0.2, 0.25) is 0 Å². The monoisotopic (exact) mass is 593 g/mol. The van der Waals surface area contributed by atoms with Gasteiger partial charge in [-0.2, -0.15) is 5.06 Å². The van der Waals surface area contributed by atoms with Gasteiger partial charge in [0.1, 0.15) is 22.8 Å². The number of esters is 2. The van der Waals surface area contributed by atoms with Gasteiger partial charge in [0, 0.05) is 20.0 Å². The van der Waals surface area contributed by atoms with Gasteiger partial charge in [-0.25, -0.2) is 4.79 Å². The zero-order valence-electron chi connectivity index (χ0n) is 26.1. The maximum Gasteiger partial charge on any atom is 0.343 e. The maximum absolute atomic E-state index is 12.6. The molecule has 43 heavy (non-hydrogen) atoms. The van der Waals surface area contributed by atoms with Gasteiger partial charge >= 0.3 is 11.9 Å². The first-order valence-electron chi connectivity index (χ1n) is 15.3. The van der Waals surface area contributed by atoms with Crippen LogP contribution in [-0.2, 0) is 9.53 Å². The van der Waals surface area contributed by atoms with E-state index in [1.165, 1.54) is 0 Å². The number of carbonyl (C=O) groups excluding carboxylic acids is 2. The van der Waals surface area contributed by atoms with Crippen LogP contribution in [0.25, 0.3) is 10.8 Å². The normalized spacial score (nSPS) is 11.5. The molecule has 0 spiro atoms. The third-order valence-electron chi connectivity index (χ3n) is 7.26. The zero-order chi connectivity index (χ0) is 31.1. The Morgan fingerprint density at radius 1 is 0.767 bits per heavy atom. The smallest absolute Gasteiger partial charge is 0.343 e. The molecular weight excluding hydrogens is 546 g/mol. The van der Waals surface area contributed by atoms with Crippen LogP contribution in [0.3, 0.4) is 0 Å². The number of methoxy groups -OCH3 is 1. The summed E-state index contributed by atoms with van der Waals surface area (Å²) in [6.45, 7) is 5.13. The lowest BCUT2D eigenvalue weighted by molar-refractivity contribution is -0.157. The van der Waals surface area contributed by atoms with E-state index in [0.717, 1.165) is 78.7 Å². The molecule has 0 fully saturated rings. The molecule has 8 nitrogen and oxygen atoms in total. The molecular formula is C35H47NO7. The van der Waals surface area contributed by atoms with Gasteiger partial charge < -0.3 is 24.2 Å². The highest BCUT2D eigenvalue weighted by atomic mass is 16.6. The van der Waals surface area contributed by atoms with Crippen molar-refractivity contribution in [2.24, 2.45) is 0 Å². The van der Waals surface area contributed by atoms with E-state index in [2.05, 4.69) is 0 Å². The van der Waals surface area contributed by atoms with Crippen molar-refractivity contribution in [2.75, 3.05) is 27.3 Å². The maximum atomic E-state index is 12.6. The fourth-order valence-corrected chi connectivity index (χ4v) is 4.82. The average Bonchev–Trinajstić information content (AvgIpc) is 2.98.